The number of H-pyrrole nitrogens is 1. The number of ether oxygens (including phenoxy) is 1. The van der Waals surface area contributed by atoms with Gasteiger partial charge in [-0.25, -0.2) is 4.98 Å². The average Bonchev–Trinajstić information content (AvgIpc) is 3.40. The lowest BCUT2D eigenvalue weighted by Gasteiger charge is -2.09. The molecule has 0 spiro atoms. The fourth-order valence-electron chi connectivity index (χ4n) is 3.00. The SMILES string of the molecule is O=C(CSc1nc2cc(Cl)ccc2n1Cc1ccccc1)OCC(=O)c1ccc[nH]1. The number of fused-ring (bicyclic) bond motifs is 1. The van der Waals surface area contributed by atoms with Crippen molar-refractivity contribution in [1.82, 2.24) is 14.5 Å². The summed E-state index contributed by atoms with van der Waals surface area (Å²) < 4.78 is 7.16. The largest absolute Gasteiger partial charge is 0.457 e. The van der Waals surface area contributed by atoms with Crippen LogP contribution >= 0.6 is 23.4 Å². The maximum atomic E-state index is 12.2. The number of Topliss-reactive ketones (excluding diaryl/α,β-unsaturated/α-hetero) is 1. The van der Waals surface area contributed by atoms with E-state index in [1.165, 1.54) is 11.8 Å². The zero-order chi connectivity index (χ0) is 20.9. The summed E-state index contributed by atoms with van der Waals surface area (Å²) in [5, 5.41) is 1.29. The van der Waals surface area contributed by atoms with Gasteiger partial charge in [0.05, 0.1) is 29.0 Å². The van der Waals surface area contributed by atoms with E-state index in [2.05, 4.69) is 9.97 Å². The van der Waals surface area contributed by atoms with Crippen molar-refractivity contribution in [2.75, 3.05) is 12.4 Å². The molecule has 2 aromatic carbocycles. The molecule has 0 radical (unpaired) electrons. The van der Waals surface area contributed by atoms with Crippen molar-refractivity contribution in [3.63, 3.8) is 0 Å². The molecule has 152 valence electrons. The van der Waals surface area contributed by atoms with E-state index in [0.717, 1.165) is 16.6 Å². The second-order valence-corrected chi connectivity index (χ2v) is 7.93. The normalized spacial score (nSPS) is 11.0. The highest BCUT2D eigenvalue weighted by Crippen LogP contribution is 2.27. The van der Waals surface area contributed by atoms with Crippen LogP contribution in [0.2, 0.25) is 5.02 Å². The summed E-state index contributed by atoms with van der Waals surface area (Å²) in [4.78, 5) is 31.6. The number of aromatic nitrogens is 3. The molecule has 2 aromatic heterocycles. The standard InChI is InChI=1S/C22H18ClN3O3S/c23-16-8-9-19-18(11-16)25-22(26(19)12-15-5-2-1-3-6-15)30-14-21(28)29-13-20(27)17-7-4-10-24-17/h1-11,24H,12-14H2. The van der Waals surface area contributed by atoms with Gasteiger partial charge in [-0.1, -0.05) is 53.7 Å². The Morgan fingerprint density at radius 2 is 1.93 bits per heavy atom. The molecule has 0 unspecified atom stereocenters. The average molecular weight is 440 g/mol. The van der Waals surface area contributed by atoms with Gasteiger partial charge in [0.2, 0.25) is 5.78 Å². The van der Waals surface area contributed by atoms with E-state index in [1.807, 2.05) is 47.0 Å². The quantitative estimate of drug-likeness (QED) is 0.247. The first-order chi connectivity index (χ1) is 14.6. The lowest BCUT2D eigenvalue weighted by molar-refractivity contribution is -0.139. The Labute approximate surface area is 182 Å². The van der Waals surface area contributed by atoms with Crippen LogP contribution in [0.25, 0.3) is 11.0 Å². The van der Waals surface area contributed by atoms with Gasteiger partial charge in [0, 0.05) is 11.2 Å². The molecule has 4 aromatic rings. The van der Waals surface area contributed by atoms with E-state index < -0.39 is 5.97 Å². The van der Waals surface area contributed by atoms with Crippen molar-refractivity contribution < 1.29 is 14.3 Å². The molecular formula is C22H18ClN3O3S. The fourth-order valence-corrected chi connectivity index (χ4v) is 3.98. The number of hydrogen-bond acceptors (Lipinski definition) is 5. The van der Waals surface area contributed by atoms with E-state index in [4.69, 9.17) is 16.3 Å². The second kappa shape index (κ2) is 9.19. The molecule has 8 heteroatoms. The molecule has 4 rings (SSSR count). The summed E-state index contributed by atoms with van der Waals surface area (Å²) in [6.45, 7) is 0.317. The predicted molar refractivity (Wildman–Crippen MR) is 117 cm³/mol. The number of carbonyl (C=O) groups excluding carboxylic acids is 2. The molecule has 0 saturated carbocycles. The van der Waals surface area contributed by atoms with Crippen molar-refractivity contribution in [3.8, 4) is 0 Å². The lowest BCUT2D eigenvalue weighted by Crippen LogP contribution is -2.16. The van der Waals surface area contributed by atoms with Gasteiger partial charge in [-0.15, -0.1) is 0 Å². The van der Waals surface area contributed by atoms with Crippen LogP contribution in [-0.4, -0.2) is 38.6 Å². The van der Waals surface area contributed by atoms with Crippen molar-refractivity contribution in [1.29, 1.82) is 0 Å². The van der Waals surface area contributed by atoms with Gasteiger partial charge in [0.25, 0.3) is 0 Å². The van der Waals surface area contributed by atoms with Crippen LogP contribution in [0.1, 0.15) is 16.1 Å². The third-order valence-electron chi connectivity index (χ3n) is 4.44. The van der Waals surface area contributed by atoms with Crippen molar-refractivity contribution in [2.24, 2.45) is 0 Å². The zero-order valence-electron chi connectivity index (χ0n) is 15.9. The van der Waals surface area contributed by atoms with Gasteiger partial charge < -0.3 is 14.3 Å². The van der Waals surface area contributed by atoms with Gasteiger partial charge in [-0.2, -0.15) is 0 Å². The van der Waals surface area contributed by atoms with Gasteiger partial charge in [0.1, 0.15) is 0 Å². The highest BCUT2D eigenvalue weighted by molar-refractivity contribution is 7.99. The number of halogens is 1. The molecule has 1 N–H and O–H groups in total. The van der Waals surface area contributed by atoms with Crippen LogP contribution in [0.3, 0.4) is 0 Å². The molecule has 0 amide bonds. The second-order valence-electron chi connectivity index (χ2n) is 6.56. The summed E-state index contributed by atoms with van der Waals surface area (Å²) in [7, 11) is 0. The molecular weight excluding hydrogens is 422 g/mol. The van der Waals surface area contributed by atoms with Crippen molar-refractivity contribution in [3.05, 3.63) is 83.1 Å². The first-order valence-electron chi connectivity index (χ1n) is 9.25. The minimum atomic E-state index is -0.476. The number of aromatic amines is 1. The monoisotopic (exact) mass is 439 g/mol. The van der Waals surface area contributed by atoms with Gasteiger partial charge in [-0.3, -0.25) is 9.59 Å². The van der Waals surface area contributed by atoms with E-state index >= 15 is 0 Å². The first kappa shape index (κ1) is 20.3. The number of esters is 1. The number of carbonyl (C=O) groups is 2. The van der Waals surface area contributed by atoms with Gasteiger partial charge in [-0.05, 0) is 35.9 Å². The summed E-state index contributed by atoms with van der Waals surface area (Å²) in [6, 6.07) is 18.9. The molecule has 0 aliphatic carbocycles. The maximum Gasteiger partial charge on any atom is 0.316 e. The van der Waals surface area contributed by atoms with Crippen LogP contribution in [0.5, 0.6) is 0 Å². The minimum absolute atomic E-state index is 0.0455. The van der Waals surface area contributed by atoms with E-state index in [-0.39, 0.29) is 18.1 Å². The molecule has 0 fully saturated rings. The minimum Gasteiger partial charge on any atom is -0.457 e. The highest BCUT2D eigenvalue weighted by Gasteiger charge is 2.16. The molecule has 0 atom stereocenters. The van der Waals surface area contributed by atoms with Crippen LogP contribution in [0.15, 0.2) is 72.0 Å². The van der Waals surface area contributed by atoms with E-state index in [1.54, 1.807) is 24.4 Å². The number of benzene rings is 2. The smallest absolute Gasteiger partial charge is 0.316 e. The fraction of sp³-hybridized carbons (Fsp3) is 0.136. The number of rotatable bonds is 8. The Kier molecular flexibility index (Phi) is 6.21. The number of ketones is 1. The van der Waals surface area contributed by atoms with Crippen LogP contribution in [0.4, 0.5) is 0 Å². The Bertz CT molecular complexity index is 1170. The number of nitrogens with zero attached hydrogens (tertiary/aromatic N) is 2. The molecule has 0 bridgehead atoms. The molecule has 30 heavy (non-hydrogen) atoms. The van der Waals surface area contributed by atoms with Gasteiger partial charge >= 0.3 is 5.97 Å². The number of nitrogens with one attached hydrogen (secondary N) is 1. The topological polar surface area (TPSA) is 77.0 Å². The number of imidazole rings is 1. The third-order valence-corrected chi connectivity index (χ3v) is 5.63. The van der Waals surface area contributed by atoms with Crippen molar-refractivity contribution >= 4 is 46.1 Å². The van der Waals surface area contributed by atoms with E-state index in [0.29, 0.717) is 22.4 Å². The zero-order valence-corrected chi connectivity index (χ0v) is 17.4. The summed E-state index contributed by atoms with van der Waals surface area (Å²) in [5.41, 5.74) is 3.22. The first-order valence-corrected chi connectivity index (χ1v) is 10.6. The molecule has 6 nitrogen and oxygen atoms in total. The Balaban J connectivity index is 1.46. The van der Waals surface area contributed by atoms with Gasteiger partial charge in [0.15, 0.2) is 11.8 Å². The highest BCUT2D eigenvalue weighted by atomic mass is 35.5. The molecule has 0 saturated heterocycles. The molecule has 0 aliphatic rings. The summed E-state index contributed by atoms with van der Waals surface area (Å²) in [6.07, 6.45) is 1.65. The predicted octanol–water partition coefficient (Wildman–Crippen LogP) is 4.58. The van der Waals surface area contributed by atoms with Crippen LogP contribution < -0.4 is 0 Å². The van der Waals surface area contributed by atoms with Crippen LogP contribution in [0, 0.1) is 0 Å². The molecule has 2 heterocycles. The Hall–Kier alpha value is -3.03. The van der Waals surface area contributed by atoms with Crippen molar-refractivity contribution in [2.45, 2.75) is 11.7 Å². The molecule has 0 aliphatic heterocycles. The lowest BCUT2D eigenvalue weighted by atomic mass is 10.2. The van der Waals surface area contributed by atoms with Crippen LogP contribution in [-0.2, 0) is 16.1 Å². The third kappa shape index (κ3) is 4.75. The Morgan fingerprint density at radius 1 is 1.10 bits per heavy atom. The summed E-state index contributed by atoms with van der Waals surface area (Å²) in [5.74, 6) is -0.704. The maximum absolute atomic E-state index is 12.2. The Morgan fingerprint density at radius 3 is 2.70 bits per heavy atom. The number of hydrogen-bond donors (Lipinski definition) is 1. The number of thioether (sulfide) groups is 1. The summed E-state index contributed by atoms with van der Waals surface area (Å²) >= 11 is 7.39. The van der Waals surface area contributed by atoms with E-state index in [9.17, 15) is 9.59 Å².